The van der Waals surface area contributed by atoms with Crippen molar-refractivity contribution in [3.63, 3.8) is 0 Å². The highest BCUT2D eigenvalue weighted by atomic mass is 79.9. The van der Waals surface area contributed by atoms with Gasteiger partial charge in [0.2, 0.25) is 15.9 Å². The molecule has 1 saturated heterocycles. The molecule has 1 saturated carbocycles. The zero-order valence-electron chi connectivity index (χ0n) is 12.2. The Hall–Kier alpha value is -0.920. The molecule has 2 fully saturated rings. The number of hydrogen-bond donors (Lipinski definition) is 1. The van der Waals surface area contributed by atoms with Crippen LogP contribution in [0.25, 0.3) is 0 Å². The monoisotopic (exact) mass is 386 g/mol. The van der Waals surface area contributed by atoms with Gasteiger partial charge in [0.15, 0.2) is 0 Å². The Morgan fingerprint density at radius 2 is 1.86 bits per heavy atom. The summed E-state index contributed by atoms with van der Waals surface area (Å²) in [6, 6.07) is 6.92. The minimum atomic E-state index is -3.53. The maximum atomic E-state index is 12.7. The highest BCUT2D eigenvalue weighted by Gasteiger charge is 2.35. The first-order chi connectivity index (χ1) is 10.5. The molecule has 1 amide bonds. The maximum Gasteiger partial charge on any atom is 0.243 e. The lowest BCUT2D eigenvalue weighted by molar-refractivity contribution is -0.126. The average molecular weight is 387 g/mol. The molecule has 1 aliphatic carbocycles. The van der Waals surface area contributed by atoms with E-state index in [1.807, 2.05) is 0 Å². The Bertz CT molecular complexity index is 656. The molecule has 5 nitrogen and oxygen atoms in total. The summed E-state index contributed by atoms with van der Waals surface area (Å²) < 4.78 is 27.6. The SMILES string of the molecule is O=C(NC1CC1)[C@H]1CCCN(S(=O)(=O)c2ccc(Br)cc2)C1. The molecule has 0 radical (unpaired) electrons. The van der Waals surface area contributed by atoms with Crippen LogP contribution in [0.4, 0.5) is 0 Å². The molecule has 7 heteroatoms. The molecule has 1 N–H and O–H groups in total. The fourth-order valence-electron chi connectivity index (χ4n) is 2.68. The fraction of sp³-hybridized carbons (Fsp3) is 0.533. The Balaban J connectivity index is 1.72. The second-order valence-corrected chi connectivity index (χ2v) is 8.79. The molecule has 0 unspecified atom stereocenters. The number of sulfonamides is 1. The molecule has 0 bridgehead atoms. The summed E-state index contributed by atoms with van der Waals surface area (Å²) in [5, 5.41) is 2.98. The number of hydrogen-bond acceptors (Lipinski definition) is 3. The summed E-state index contributed by atoms with van der Waals surface area (Å²) in [5.74, 6) is -0.238. The van der Waals surface area contributed by atoms with Crippen molar-refractivity contribution in [2.75, 3.05) is 13.1 Å². The summed E-state index contributed by atoms with van der Waals surface area (Å²) in [6.45, 7) is 0.753. The van der Waals surface area contributed by atoms with Crippen molar-refractivity contribution in [3.8, 4) is 0 Å². The van der Waals surface area contributed by atoms with Gasteiger partial charge in [0.05, 0.1) is 10.8 Å². The van der Waals surface area contributed by atoms with Crippen molar-refractivity contribution in [3.05, 3.63) is 28.7 Å². The van der Waals surface area contributed by atoms with Crippen LogP contribution in [0.15, 0.2) is 33.6 Å². The third kappa shape index (κ3) is 3.52. The zero-order chi connectivity index (χ0) is 15.7. The van der Waals surface area contributed by atoms with Crippen LogP contribution >= 0.6 is 15.9 Å². The molecule has 3 rings (SSSR count). The van der Waals surface area contributed by atoms with E-state index >= 15 is 0 Å². The molecule has 1 atom stereocenters. The topological polar surface area (TPSA) is 66.5 Å². The zero-order valence-corrected chi connectivity index (χ0v) is 14.6. The van der Waals surface area contributed by atoms with E-state index in [1.165, 1.54) is 4.31 Å². The minimum absolute atomic E-state index is 0.00166. The van der Waals surface area contributed by atoms with Crippen molar-refractivity contribution in [1.29, 1.82) is 0 Å². The van der Waals surface area contributed by atoms with Crippen LogP contribution in [0, 0.1) is 5.92 Å². The van der Waals surface area contributed by atoms with Crippen molar-refractivity contribution in [2.24, 2.45) is 5.92 Å². The number of nitrogens with zero attached hydrogens (tertiary/aromatic N) is 1. The van der Waals surface area contributed by atoms with Gasteiger partial charge in [-0.05, 0) is 49.9 Å². The van der Waals surface area contributed by atoms with Gasteiger partial charge in [-0.25, -0.2) is 8.42 Å². The molecule has 1 aromatic rings. The largest absolute Gasteiger partial charge is 0.353 e. The number of carbonyl (C=O) groups is 1. The smallest absolute Gasteiger partial charge is 0.243 e. The standard InChI is InChI=1S/C15H19BrN2O3S/c16-12-3-7-14(8-4-12)22(20,21)18-9-1-2-11(10-18)15(19)17-13-5-6-13/h3-4,7-8,11,13H,1-2,5-6,9-10H2,(H,17,19)/t11-/m0/s1. The predicted molar refractivity (Wildman–Crippen MR) is 86.8 cm³/mol. The number of nitrogens with one attached hydrogen (secondary N) is 1. The van der Waals surface area contributed by atoms with E-state index in [2.05, 4.69) is 21.2 Å². The molecule has 1 heterocycles. The Morgan fingerprint density at radius 3 is 2.50 bits per heavy atom. The third-order valence-corrected chi connectivity index (χ3v) is 6.54. The van der Waals surface area contributed by atoms with Gasteiger partial charge >= 0.3 is 0 Å². The average Bonchev–Trinajstić information content (AvgIpc) is 3.32. The summed E-state index contributed by atoms with van der Waals surface area (Å²) in [6.07, 6.45) is 3.56. The van der Waals surface area contributed by atoms with Crippen LogP contribution in [0.2, 0.25) is 0 Å². The van der Waals surface area contributed by atoms with E-state index in [0.29, 0.717) is 12.6 Å². The van der Waals surface area contributed by atoms with Crippen molar-refractivity contribution in [2.45, 2.75) is 36.6 Å². The quantitative estimate of drug-likeness (QED) is 0.861. The summed E-state index contributed by atoms with van der Waals surface area (Å²) in [4.78, 5) is 12.4. The van der Waals surface area contributed by atoms with Crippen LogP contribution < -0.4 is 5.32 Å². The van der Waals surface area contributed by atoms with E-state index in [1.54, 1.807) is 24.3 Å². The third-order valence-electron chi connectivity index (χ3n) is 4.13. The molecule has 0 aromatic heterocycles. The molecular formula is C15H19BrN2O3S. The first-order valence-corrected chi connectivity index (χ1v) is 9.76. The normalized spacial score (nSPS) is 23.2. The van der Waals surface area contributed by atoms with Crippen LogP contribution in [-0.4, -0.2) is 37.8 Å². The first-order valence-electron chi connectivity index (χ1n) is 7.53. The minimum Gasteiger partial charge on any atom is -0.353 e. The van der Waals surface area contributed by atoms with Crippen molar-refractivity contribution >= 4 is 31.9 Å². The molecule has 22 heavy (non-hydrogen) atoms. The van der Waals surface area contributed by atoms with Gasteiger partial charge in [-0.2, -0.15) is 4.31 Å². The Morgan fingerprint density at radius 1 is 1.18 bits per heavy atom. The van der Waals surface area contributed by atoms with Gasteiger partial charge in [0.1, 0.15) is 0 Å². The first kappa shape index (κ1) is 16.0. The van der Waals surface area contributed by atoms with E-state index < -0.39 is 10.0 Å². The summed E-state index contributed by atoms with van der Waals surface area (Å²) in [5.41, 5.74) is 0. The number of rotatable bonds is 4. The molecular weight excluding hydrogens is 368 g/mol. The van der Waals surface area contributed by atoms with Gasteiger partial charge in [0.25, 0.3) is 0 Å². The second kappa shape index (κ2) is 6.29. The van der Waals surface area contributed by atoms with Gasteiger partial charge < -0.3 is 5.32 Å². The van der Waals surface area contributed by atoms with E-state index in [9.17, 15) is 13.2 Å². The Kier molecular flexibility index (Phi) is 4.56. The number of piperidine rings is 1. The fourth-order valence-corrected chi connectivity index (χ4v) is 4.47. The number of carbonyl (C=O) groups excluding carboxylic acids is 1. The van der Waals surface area contributed by atoms with Crippen molar-refractivity contribution in [1.82, 2.24) is 9.62 Å². The van der Waals surface area contributed by atoms with Crippen molar-refractivity contribution < 1.29 is 13.2 Å². The van der Waals surface area contributed by atoms with Gasteiger partial charge in [0, 0.05) is 23.6 Å². The van der Waals surface area contributed by atoms with E-state index in [-0.39, 0.29) is 23.3 Å². The molecule has 1 aliphatic heterocycles. The lowest BCUT2D eigenvalue weighted by Crippen LogP contribution is -2.45. The van der Waals surface area contributed by atoms with Crippen LogP contribution in [-0.2, 0) is 14.8 Å². The number of amides is 1. The van der Waals surface area contributed by atoms with Crippen LogP contribution in [0.1, 0.15) is 25.7 Å². The second-order valence-electron chi connectivity index (χ2n) is 5.94. The lowest BCUT2D eigenvalue weighted by Gasteiger charge is -2.31. The van der Waals surface area contributed by atoms with Crippen LogP contribution in [0.3, 0.4) is 0 Å². The number of halogens is 1. The highest BCUT2D eigenvalue weighted by Crippen LogP contribution is 2.26. The predicted octanol–water partition coefficient (Wildman–Crippen LogP) is 2.13. The highest BCUT2D eigenvalue weighted by molar-refractivity contribution is 9.10. The summed E-state index contributed by atoms with van der Waals surface area (Å²) in [7, 11) is -3.53. The van der Waals surface area contributed by atoms with Gasteiger partial charge in [-0.15, -0.1) is 0 Å². The molecule has 1 aromatic carbocycles. The Labute approximate surface area is 139 Å². The van der Waals surface area contributed by atoms with E-state index in [0.717, 1.165) is 30.2 Å². The van der Waals surface area contributed by atoms with Gasteiger partial charge in [-0.1, -0.05) is 15.9 Å². The molecule has 120 valence electrons. The lowest BCUT2D eigenvalue weighted by atomic mass is 9.99. The molecule has 2 aliphatic rings. The molecule has 0 spiro atoms. The van der Waals surface area contributed by atoms with E-state index in [4.69, 9.17) is 0 Å². The maximum absolute atomic E-state index is 12.7. The number of benzene rings is 1. The van der Waals surface area contributed by atoms with Crippen LogP contribution in [0.5, 0.6) is 0 Å². The van der Waals surface area contributed by atoms with Gasteiger partial charge in [-0.3, -0.25) is 4.79 Å². The summed E-state index contributed by atoms with van der Waals surface area (Å²) >= 11 is 3.30.